The Balaban J connectivity index is 1.72. The van der Waals surface area contributed by atoms with Crippen molar-refractivity contribution in [2.24, 2.45) is 5.92 Å². The zero-order valence-electron chi connectivity index (χ0n) is 10.5. The summed E-state index contributed by atoms with van der Waals surface area (Å²) in [4.78, 5) is 2.39. The molecule has 1 atom stereocenters. The standard InChI is InChI=1S/C14H21ClN2/c1-17(9-7-12-6-8-16-10-12)11-13-2-4-14(15)5-3-13/h2-5,12,16H,6-11H2,1H3. The van der Waals surface area contributed by atoms with Gasteiger partial charge in [0.15, 0.2) is 0 Å². The molecule has 1 aliphatic heterocycles. The summed E-state index contributed by atoms with van der Waals surface area (Å²) in [5.41, 5.74) is 1.33. The van der Waals surface area contributed by atoms with Gasteiger partial charge in [-0.2, -0.15) is 0 Å². The average molecular weight is 253 g/mol. The summed E-state index contributed by atoms with van der Waals surface area (Å²) in [6.07, 6.45) is 2.64. The number of nitrogens with one attached hydrogen (secondary N) is 1. The molecule has 3 heteroatoms. The Morgan fingerprint density at radius 1 is 1.35 bits per heavy atom. The van der Waals surface area contributed by atoms with Crippen LogP contribution in [0.3, 0.4) is 0 Å². The highest BCUT2D eigenvalue weighted by Gasteiger charge is 2.14. The van der Waals surface area contributed by atoms with Gasteiger partial charge >= 0.3 is 0 Å². The molecule has 0 amide bonds. The van der Waals surface area contributed by atoms with Crippen molar-refractivity contribution in [2.75, 3.05) is 26.7 Å². The van der Waals surface area contributed by atoms with E-state index in [1.165, 1.54) is 38.0 Å². The van der Waals surface area contributed by atoms with Gasteiger partial charge in [-0.1, -0.05) is 23.7 Å². The van der Waals surface area contributed by atoms with Gasteiger partial charge in [-0.3, -0.25) is 0 Å². The van der Waals surface area contributed by atoms with Crippen LogP contribution in [-0.4, -0.2) is 31.6 Å². The molecular weight excluding hydrogens is 232 g/mol. The molecule has 0 spiro atoms. The Morgan fingerprint density at radius 3 is 2.76 bits per heavy atom. The predicted molar refractivity (Wildman–Crippen MR) is 73.4 cm³/mol. The van der Waals surface area contributed by atoms with Crippen molar-refractivity contribution in [3.8, 4) is 0 Å². The maximum absolute atomic E-state index is 5.87. The van der Waals surface area contributed by atoms with Gasteiger partial charge in [0.25, 0.3) is 0 Å². The zero-order chi connectivity index (χ0) is 12.1. The molecule has 0 radical (unpaired) electrons. The van der Waals surface area contributed by atoms with Crippen LogP contribution in [0.15, 0.2) is 24.3 Å². The number of benzene rings is 1. The highest BCUT2D eigenvalue weighted by atomic mass is 35.5. The lowest BCUT2D eigenvalue weighted by Gasteiger charge is -2.18. The van der Waals surface area contributed by atoms with Crippen molar-refractivity contribution < 1.29 is 0 Å². The molecule has 1 aromatic rings. The molecule has 94 valence electrons. The fourth-order valence-corrected chi connectivity index (χ4v) is 2.47. The molecule has 1 saturated heterocycles. The van der Waals surface area contributed by atoms with Gasteiger partial charge in [0.1, 0.15) is 0 Å². The van der Waals surface area contributed by atoms with Crippen molar-refractivity contribution >= 4 is 11.6 Å². The number of nitrogens with zero attached hydrogens (tertiary/aromatic N) is 1. The maximum atomic E-state index is 5.87. The summed E-state index contributed by atoms with van der Waals surface area (Å²) in [5.74, 6) is 0.877. The van der Waals surface area contributed by atoms with Gasteiger partial charge in [-0.05, 0) is 63.1 Å². The minimum absolute atomic E-state index is 0.813. The summed E-state index contributed by atoms with van der Waals surface area (Å²) < 4.78 is 0. The van der Waals surface area contributed by atoms with E-state index < -0.39 is 0 Å². The molecule has 0 aromatic heterocycles. The Bertz CT molecular complexity index is 331. The van der Waals surface area contributed by atoms with Crippen LogP contribution in [0.25, 0.3) is 0 Å². The Hall–Kier alpha value is -0.570. The second-order valence-electron chi connectivity index (χ2n) is 5.01. The molecule has 0 aliphatic carbocycles. The number of hydrogen-bond donors (Lipinski definition) is 1. The Morgan fingerprint density at radius 2 is 2.12 bits per heavy atom. The number of rotatable bonds is 5. The number of halogens is 1. The zero-order valence-corrected chi connectivity index (χ0v) is 11.2. The van der Waals surface area contributed by atoms with Gasteiger partial charge in [0.2, 0.25) is 0 Å². The van der Waals surface area contributed by atoms with Crippen LogP contribution in [0.1, 0.15) is 18.4 Å². The fourth-order valence-electron chi connectivity index (χ4n) is 2.34. The summed E-state index contributed by atoms with van der Waals surface area (Å²) in [6, 6.07) is 8.14. The third-order valence-electron chi connectivity index (χ3n) is 3.45. The quantitative estimate of drug-likeness (QED) is 0.867. The van der Waals surface area contributed by atoms with E-state index in [1.54, 1.807) is 0 Å². The van der Waals surface area contributed by atoms with E-state index in [9.17, 15) is 0 Å². The molecule has 1 fully saturated rings. The number of hydrogen-bond acceptors (Lipinski definition) is 2. The van der Waals surface area contributed by atoms with Crippen LogP contribution in [0.5, 0.6) is 0 Å². The van der Waals surface area contributed by atoms with Gasteiger partial charge in [-0.15, -0.1) is 0 Å². The van der Waals surface area contributed by atoms with E-state index in [0.29, 0.717) is 0 Å². The largest absolute Gasteiger partial charge is 0.316 e. The lowest BCUT2D eigenvalue weighted by molar-refractivity contribution is 0.298. The van der Waals surface area contributed by atoms with E-state index in [0.717, 1.165) is 17.5 Å². The van der Waals surface area contributed by atoms with Gasteiger partial charge in [0, 0.05) is 11.6 Å². The lowest BCUT2D eigenvalue weighted by Crippen LogP contribution is -2.22. The molecule has 1 heterocycles. The summed E-state index contributed by atoms with van der Waals surface area (Å²) >= 11 is 5.87. The molecule has 2 rings (SSSR count). The highest BCUT2D eigenvalue weighted by Crippen LogP contribution is 2.14. The molecule has 1 unspecified atom stereocenters. The molecular formula is C14H21ClN2. The van der Waals surface area contributed by atoms with E-state index in [4.69, 9.17) is 11.6 Å². The Labute approximate surface area is 109 Å². The molecule has 2 nitrogen and oxygen atoms in total. The monoisotopic (exact) mass is 252 g/mol. The molecule has 1 aliphatic rings. The van der Waals surface area contributed by atoms with Crippen molar-refractivity contribution in [3.05, 3.63) is 34.9 Å². The Kier molecular flexibility index (Phi) is 4.84. The second-order valence-corrected chi connectivity index (χ2v) is 5.45. The minimum atomic E-state index is 0.813. The molecule has 1 N–H and O–H groups in total. The lowest BCUT2D eigenvalue weighted by atomic mass is 10.0. The first-order valence-electron chi connectivity index (χ1n) is 6.38. The molecule has 0 saturated carbocycles. The SMILES string of the molecule is CN(CCC1CCNC1)Cc1ccc(Cl)cc1. The first kappa shape index (κ1) is 12.9. The van der Waals surface area contributed by atoms with Crippen molar-refractivity contribution in [3.63, 3.8) is 0 Å². The van der Waals surface area contributed by atoms with Gasteiger partial charge < -0.3 is 10.2 Å². The third-order valence-corrected chi connectivity index (χ3v) is 3.70. The summed E-state index contributed by atoms with van der Waals surface area (Å²) in [6.45, 7) is 4.59. The van der Waals surface area contributed by atoms with Crippen LogP contribution in [0.2, 0.25) is 5.02 Å². The summed E-state index contributed by atoms with van der Waals surface area (Å²) in [5, 5.41) is 4.23. The average Bonchev–Trinajstić information content (AvgIpc) is 2.83. The first-order chi connectivity index (χ1) is 8.24. The molecule has 1 aromatic carbocycles. The van der Waals surface area contributed by atoms with E-state index in [-0.39, 0.29) is 0 Å². The van der Waals surface area contributed by atoms with E-state index in [2.05, 4.69) is 29.4 Å². The van der Waals surface area contributed by atoms with Crippen LogP contribution >= 0.6 is 11.6 Å². The van der Waals surface area contributed by atoms with Gasteiger partial charge in [0.05, 0.1) is 0 Å². The molecule has 0 bridgehead atoms. The predicted octanol–water partition coefficient (Wildman–Crippen LogP) is 2.77. The maximum Gasteiger partial charge on any atom is 0.0406 e. The van der Waals surface area contributed by atoms with Crippen molar-refractivity contribution in [1.29, 1.82) is 0 Å². The van der Waals surface area contributed by atoms with Crippen LogP contribution in [-0.2, 0) is 6.54 Å². The van der Waals surface area contributed by atoms with Crippen molar-refractivity contribution in [2.45, 2.75) is 19.4 Å². The third kappa shape index (κ3) is 4.30. The van der Waals surface area contributed by atoms with E-state index in [1.807, 2.05) is 12.1 Å². The van der Waals surface area contributed by atoms with Gasteiger partial charge in [-0.25, -0.2) is 0 Å². The highest BCUT2D eigenvalue weighted by molar-refractivity contribution is 6.30. The van der Waals surface area contributed by atoms with Crippen molar-refractivity contribution in [1.82, 2.24) is 10.2 Å². The smallest absolute Gasteiger partial charge is 0.0406 e. The second kappa shape index (κ2) is 6.39. The van der Waals surface area contributed by atoms with E-state index >= 15 is 0 Å². The minimum Gasteiger partial charge on any atom is -0.316 e. The van der Waals surface area contributed by atoms with Crippen LogP contribution in [0.4, 0.5) is 0 Å². The fraction of sp³-hybridized carbons (Fsp3) is 0.571. The first-order valence-corrected chi connectivity index (χ1v) is 6.75. The normalized spacial score (nSPS) is 20.1. The van der Waals surface area contributed by atoms with Crippen LogP contribution in [0, 0.1) is 5.92 Å². The molecule has 17 heavy (non-hydrogen) atoms. The van der Waals surface area contributed by atoms with Crippen LogP contribution < -0.4 is 5.32 Å². The topological polar surface area (TPSA) is 15.3 Å². The summed E-state index contributed by atoms with van der Waals surface area (Å²) in [7, 11) is 2.19.